The van der Waals surface area contributed by atoms with Crippen LogP contribution in [0.15, 0.2) is 23.1 Å². The summed E-state index contributed by atoms with van der Waals surface area (Å²) >= 11 is 0. The molecule has 0 saturated carbocycles. The van der Waals surface area contributed by atoms with Crippen molar-refractivity contribution >= 4 is 27.0 Å². The Balaban J connectivity index is 1.80. The number of benzene rings is 1. The number of carbonyl (C=O) groups excluding carboxylic acids is 1. The van der Waals surface area contributed by atoms with Crippen LogP contribution in [0.5, 0.6) is 0 Å². The van der Waals surface area contributed by atoms with Crippen molar-refractivity contribution in [3.8, 4) is 6.07 Å². The number of ether oxygens (including phenoxy) is 2. The standard InChI is InChI=1S/C22H30N4O5S/c1-2-3-11-26-20-7-6-18(32(28,29)25-12-15-30-16-13-25)17-19(20)24-21(26)8-9-22(27)31-14-5-4-10-23/h6-7,17H,2-5,8-9,11-16H2,1H3. The molecule has 0 bridgehead atoms. The molecule has 1 saturated heterocycles. The van der Waals surface area contributed by atoms with Crippen LogP contribution in [0, 0.1) is 11.3 Å². The number of aryl methyl sites for hydroxylation is 2. The first-order valence-electron chi connectivity index (χ1n) is 11.1. The zero-order chi connectivity index (χ0) is 23.0. The number of esters is 1. The molecule has 9 nitrogen and oxygen atoms in total. The van der Waals surface area contributed by atoms with Gasteiger partial charge in [0.25, 0.3) is 0 Å². The van der Waals surface area contributed by atoms with Crippen molar-refractivity contribution in [1.29, 1.82) is 5.26 Å². The van der Waals surface area contributed by atoms with E-state index in [1.54, 1.807) is 18.2 Å². The predicted molar refractivity (Wildman–Crippen MR) is 118 cm³/mol. The Morgan fingerprint density at radius 3 is 2.78 bits per heavy atom. The summed E-state index contributed by atoms with van der Waals surface area (Å²) in [6.07, 6.45) is 3.42. The molecule has 174 valence electrons. The number of hydrogen-bond acceptors (Lipinski definition) is 7. The SMILES string of the molecule is CCCCn1c(CCC(=O)OCCCC#N)nc2cc(S(=O)(=O)N3CCOCC3)ccc21. The summed E-state index contributed by atoms with van der Waals surface area (Å²) in [6.45, 7) is 4.55. The minimum Gasteiger partial charge on any atom is -0.466 e. The van der Waals surface area contributed by atoms with E-state index < -0.39 is 10.0 Å². The number of aromatic nitrogens is 2. The van der Waals surface area contributed by atoms with E-state index in [-0.39, 0.29) is 23.9 Å². The van der Waals surface area contributed by atoms with Crippen LogP contribution in [0.25, 0.3) is 11.0 Å². The molecular formula is C22H30N4O5S. The highest BCUT2D eigenvalue weighted by Gasteiger charge is 2.27. The summed E-state index contributed by atoms with van der Waals surface area (Å²) in [5.74, 6) is 0.413. The summed E-state index contributed by atoms with van der Waals surface area (Å²) in [6, 6.07) is 7.07. The molecule has 1 fully saturated rings. The van der Waals surface area contributed by atoms with Gasteiger partial charge in [-0.25, -0.2) is 13.4 Å². The lowest BCUT2D eigenvalue weighted by molar-refractivity contribution is -0.143. The summed E-state index contributed by atoms with van der Waals surface area (Å²) in [5, 5.41) is 8.55. The molecule has 3 rings (SSSR count). The fourth-order valence-electron chi connectivity index (χ4n) is 3.64. The molecule has 2 aromatic rings. The number of carbonyl (C=O) groups is 1. The van der Waals surface area contributed by atoms with Gasteiger partial charge in [-0.2, -0.15) is 9.57 Å². The zero-order valence-corrected chi connectivity index (χ0v) is 19.3. The summed E-state index contributed by atoms with van der Waals surface area (Å²) < 4.78 is 40.0. The fraction of sp³-hybridized carbons (Fsp3) is 0.591. The number of imidazole rings is 1. The Morgan fingerprint density at radius 2 is 2.06 bits per heavy atom. The average Bonchev–Trinajstić information content (AvgIpc) is 3.16. The monoisotopic (exact) mass is 462 g/mol. The lowest BCUT2D eigenvalue weighted by Gasteiger charge is -2.26. The molecule has 1 aromatic carbocycles. The lowest BCUT2D eigenvalue weighted by atomic mass is 10.2. The van der Waals surface area contributed by atoms with Gasteiger partial charge < -0.3 is 14.0 Å². The molecule has 10 heteroatoms. The van der Waals surface area contributed by atoms with E-state index in [1.807, 2.05) is 6.07 Å². The van der Waals surface area contributed by atoms with Crippen LogP contribution >= 0.6 is 0 Å². The van der Waals surface area contributed by atoms with Gasteiger partial charge in [-0.1, -0.05) is 13.3 Å². The van der Waals surface area contributed by atoms with Crippen LogP contribution < -0.4 is 0 Å². The zero-order valence-electron chi connectivity index (χ0n) is 18.5. The van der Waals surface area contributed by atoms with Crippen molar-refractivity contribution < 1.29 is 22.7 Å². The maximum Gasteiger partial charge on any atom is 0.306 e. The van der Waals surface area contributed by atoms with Gasteiger partial charge in [0.2, 0.25) is 10.0 Å². The number of rotatable bonds is 11. The van der Waals surface area contributed by atoms with Gasteiger partial charge >= 0.3 is 5.97 Å². The smallest absolute Gasteiger partial charge is 0.306 e. The minimum absolute atomic E-state index is 0.181. The van der Waals surface area contributed by atoms with E-state index in [1.165, 1.54) is 4.31 Å². The van der Waals surface area contributed by atoms with Crippen molar-refractivity contribution in [2.75, 3.05) is 32.9 Å². The maximum absolute atomic E-state index is 13.0. The molecule has 1 aliphatic rings. The Kier molecular flexibility index (Phi) is 8.61. The van der Waals surface area contributed by atoms with Crippen molar-refractivity contribution in [3.05, 3.63) is 24.0 Å². The van der Waals surface area contributed by atoms with Gasteiger partial charge in [-0.15, -0.1) is 0 Å². The maximum atomic E-state index is 13.0. The first-order valence-corrected chi connectivity index (χ1v) is 12.5. The third kappa shape index (κ3) is 5.85. The van der Waals surface area contributed by atoms with Gasteiger partial charge in [0, 0.05) is 32.5 Å². The molecule has 1 aromatic heterocycles. The van der Waals surface area contributed by atoms with Crippen molar-refractivity contribution in [3.63, 3.8) is 0 Å². The van der Waals surface area contributed by atoms with Crippen molar-refractivity contribution in [2.45, 2.75) is 56.9 Å². The van der Waals surface area contributed by atoms with Gasteiger partial charge in [0.05, 0.1) is 48.2 Å². The lowest BCUT2D eigenvalue weighted by Crippen LogP contribution is -2.40. The molecular weight excluding hydrogens is 432 g/mol. The van der Waals surface area contributed by atoms with E-state index in [0.717, 1.165) is 30.7 Å². The van der Waals surface area contributed by atoms with Crippen LogP contribution in [0.2, 0.25) is 0 Å². The summed E-state index contributed by atoms with van der Waals surface area (Å²) in [7, 11) is -3.61. The number of hydrogen-bond donors (Lipinski definition) is 0. The first kappa shape index (κ1) is 24.2. The number of sulfonamides is 1. The Hall–Kier alpha value is -2.48. The van der Waals surface area contributed by atoms with E-state index in [4.69, 9.17) is 14.7 Å². The molecule has 0 N–H and O–H groups in total. The highest BCUT2D eigenvalue weighted by atomic mass is 32.2. The van der Waals surface area contributed by atoms with E-state index in [0.29, 0.717) is 51.1 Å². The molecule has 2 heterocycles. The molecule has 0 radical (unpaired) electrons. The van der Waals surface area contributed by atoms with Crippen molar-refractivity contribution in [2.24, 2.45) is 0 Å². The highest BCUT2D eigenvalue weighted by Crippen LogP contribution is 2.24. The second-order valence-electron chi connectivity index (χ2n) is 7.68. The fourth-order valence-corrected chi connectivity index (χ4v) is 5.06. The van der Waals surface area contributed by atoms with Crippen molar-refractivity contribution in [1.82, 2.24) is 13.9 Å². The average molecular weight is 463 g/mol. The number of unbranched alkanes of at least 4 members (excludes halogenated alkanes) is 2. The number of nitrogens with zero attached hydrogens (tertiary/aromatic N) is 4. The largest absolute Gasteiger partial charge is 0.466 e. The normalized spacial score (nSPS) is 15.0. The number of fused-ring (bicyclic) bond motifs is 1. The third-order valence-electron chi connectivity index (χ3n) is 5.39. The topological polar surface area (TPSA) is 115 Å². The Morgan fingerprint density at radius 1 is 1.28 bits per heavy atom. The third-order valence-corrected chi connectivity index (χ3v) is 7.29. The quantitative estimate of drug-likeness (QED) is 0.372. The van der Waals surface area contributed by atoms with Crippen LogP contribution in [-0.2, 0) is 37.3 Å². The predicted octanol–water partition coefficient (Wildman–Crippen LogP) is 2.64. The summed E-state index contributed by atoms with van der Waals surface area (Å²) in [4.78, 5) is 16.9. The van der Waals surface area contributed by atoms with Gasteiger partial charge in [-0.3, -0.25) is 4.79 Å². The number of morpholine rings is 1. The minimum atomic E-state index is -3.61. The second-order valence-corrected chi connectivity index (χ2v) is 9.62. The molecule has 0 unspecified atom stereocenters. The molecule has 32 heavy (non-hydrogen) atoms. The van der Waals surface area contributed by atoms with E-state index in [2.05, 4.69) is 16.5 Å². The van der Waals surface area contributed by atoms with Crippen LogP contribution in [0.1, 0.15) is 44.9 Å². The first-order chi connectivity index (χ1) is 15.5. The Bertz CT molecular complexity index is 1070. The molecule has 0 atom stereocenters. The molecule has 0 spiro atoms. The van der Waals surface area contributed by atoms with Crippen LogP contribution in [0.3, 0.4) is 0 Å². The van der Waals surface area contributed by atoms with E-state index >= 15 is 0 Å². The van der Waals surface area contributed by atoms with Gasteiger partial charge in [0.1, 0.15) is 5.82 Å². The molecule has 0 amide bonds. The Labute approximate surface area is 189 Å². The number of nitriles is 1. The van der Waals surface area contributed by atoms with Crippen LogP contribution in [0.4, 0.5) is 0 Å². The summed E-state index contributed by atoms with van der Waals surface area (Å²) in [5.41, 5.74) is 1.46. The van der Waals surface area contributed by atoms with Gasteiger partial charge in [-0.05, 0) is 31.0 Å². The van der Waals surface area contributed by atoms with E-state index in [9.17, 15) is 13.2 Å². The molecule has 0 aliphatic carbocycles. The van der Waals surface area contributed by atoms with Crippen LogP contribution in [-0.4, -0.2) is 61.2 Å². The molecule has 1 aliphatic heterocycles. The second kappa shape index (κ2) is 11.4. The highest BCUT2D eigenvalue weighted by molar-refractivity contribution is 7.89. The van der Waals surface area contributed by atoms with Gasteiger partial charge in [0.15, 0.2) is 0 Å².